The lowest BCUT2D eigenvalue weighted by molar-refractivity contribution is -0.158. The average Bonchev–Trinajstić information content (AvgIpc) is 2.95. The highest BCUT2D eigenvalue weighted by atomic mass is 16.5. The number of carbonyl (C=O) groups is 3. The van der Waals surface area contributed by atoms with E-state index in [4.69, 9.17) is 18.9 Å². The largest absolute Gasteiger partial charge is 0.493 e. The highest BCUT2D eigenvalue weighted by Gasteiger charge is 2.40. The molecule has 0 unspecified atom stereocenters. The van der Waals surface area contributed by atoms with Gasteiger partial charge < -0.3 is 23.8 Å². The zero-order chi connectivity index (χ0) is 27.8. The van der Waals surface area contributed by atoms with E-state index in [9.17, 15) is 14.4 Å². The molecule has 0 N–H and O–H groups in total. The van der Waals surface area contributed by atoms with Crippen LogP contribution in [0.25, 0.3) is 0 Å². The maximum Gasteiger partial charge on any atom is 0.328 e. The van der Waals surface area contributed by atoms with Crippen molar-refractivity contribution in [1.29, 1.82) is 0 Å². The number of ether oxygens (including phenoxy) is 4. The van der Waals surface area contributed by atoms with Crippen LogP contribution < -0.4 is 9.47 Å². The van der Waals surface area contributed by atoms with Crippen molar-refractivity contribution < 1.29 is 33.3 Å². The fourth-order valence-electron chi connectivity index (χ4n) is 4.85. The third kappa shape index (κ3) is 6.45. The van der Waals surface area contributed by atoms with Gasteiger partial charge in [0.2, 0.25) is 5.91 Å². The van der Waals surface area contributed by atoms with E-state index < -0.39 is 24.1 Å². The summed E-state index contributed by atoms with van der Waals surface area (Å²) in [5.74, 6) is -0.0602. The molecule has 0 radical (unpaired) electrons. The van der Waals surface area contributed by atoms with Crippen molar-refractivity contribution in [2.45, 2.75) is 57.8 Å². The first-order valence-electron chi connectivity index (χ1n) is 12.8. The van der Waals surface area contributed by atoms with Gasteiger partial charge in [-0.15, -0.1) is 0 Å². The number of nitrogens with zero attached hydrogens (tertiary/aromatic N) is 2. The minimum absolute atomic E-state index is 0.195. The van der Waals surface area contributed by atoms with Crippen LogP contribution in [0.4, 0.5) is 0 Å². The quantitative estimate of drug-likeness (QED) is 0.413. The van der Waals surface area contributed by atoms with Gasteiger partial charge >= 0.3 is 11.9 Å². The van der Waals surface area contributed by atoms with Gasteiger partial charge in [0.05, 0.1) is 34.0 Å². The number of amides is 1. The SMILES string of the molecule is CCOC(=O)[C@H](CCc1ccccc1)N(C)[C@@H](C)C(=O)N1Cc2cc(OC)c(OC)cc2C[C@H]1C(=O)OC. The Morgan fingerprint density at radius 1 is 1.03 bits per heavy atom. The number of aryl methyl sites for hydroxylation is 1. The minimum Gasteiger partial charge on any atom is -0.493 e. The molecular weight excluding hydrogens is 488 g/mol. The molecule has 9 heteroatoms. The number of likely N-dealkylation sites (N-methyl/N-ethyl adjacent to an activating group) is 1. The highest BCUT2D eigenvalue weighted by molar-refractivity contribution is 5.89. The summed E-state index contributed by atoms with van der Waals surface area (Å²) < 4.78 is 21.3. The molecule has 1 heterocycles. The Hall–Kier alpha value is -3.59. The van der Waals surface area contributed by atoms with Crippen LogP contribution in [0, 0.1) is 0 Å². The predicted octanol–water partition coefficient (Wildman–Crippen LogP) is 3.01. The molecule has 1 aliphatic heterocycles. The summed E-state index contributed by atoms with van der Waals surface area (Å²) in [6, 6.07) is 11.4. The van der Waals surface area contributed by atoms with Gasteiger partial charge in [-0.2, -0.15) is 0 Å². The molecule has 2 aromatic carbocycles. The Morgan fingerprint density at radius 2 is 1.66 bits per heavy atom. The van der Waals surface area contributed by atoms with Crippen molar-refractivity contribution in [1.82, 2.24) is 9.80 Å². The molecule has 206 valence electrons. The summed E-state index contributed by atoms with van der Waals surface area (Å²) in [6.07, 6.45) is 1.41. The Bertz CT molecular complexity index is 1120. The normalized spacial score (nSPS) is 16.3. The maximum atomic E-state index is 13.9. The standard InChI is InChI=1S/C29H38N2O7/c1-7-38-29(34)23(14-13-20-11-9-8-10-12-20)30(3)19(2)27(32)31-18-22-17-26(36-5)25(35-4)16-21(22)15-24(31)28(33)37-6/h8-12,16-17,19,23-24H,7,13-15,18H2,1-6H3/t19-,23-,24-/m0/s1. The topological polar surface area (TPSA) is 94.6 Å². The smallest absolute Gasteiger partial charge is 0.328 e. The number of carbonyl (C=O) groups excluding carboxylic acids is 3. The number of hydrogen-bond donors (Lipinski definition) is 0. The molecule has 0 saturated carbocycles. The fraction of sp³-hybridized carbons (Fsp3) is 0.483. The predicted molar refractivity (Wildman–Crippen MR) is 142 cm³/mol. The second-order valence-corrected chi connectivity index (χ2v) is 9.32. The number of rotatable bonds is 11. The lowest BCUT2D eigenvalue weighted by Crippen LogP contribution is -2.57. The van der Waals surface area contributed by atoms with E-state index in [1.54, 1.807) is 40.0 Å². The van der Waals surface area contributed by atoms with Crippen LogP contribution in [0.2, 0.25) is 0 Å². The van der Waals surface area contributed by atoms with Crippen molar-refractivity contribution in [3.63, 3.8) is 0 Å². The van der Waals surface area contributed by atoms with Crippen LogP contribution in [0.15, 0.2) is 42.5 Å². The number of hydrogen-bond acceptors (Lipinski definition) is 8. The van der Waals surface area contributed by atoms with Crippen LogP contribution in [-0.4, -0.2) is 80.8 Å². The fourth-order valence-corrected chi connectivity index (χ4v) is 4.85. The van der Waals surface area contributed by atoms with Gasteiger partial charge in [0.1, 0.15) is 12.1 Å². The third-order valence-electron chi connectivity index (χ3n) is 7.16. The van der Waals surface area contributed by atoms with Gasteiger partial charge in [0, 0.05) is 13.0 Å². The molecule has 0 spiro atoms. The second kappa shape index (κ2) is 13.3. The van der Waals surface area contributed by atoms with Crippen molar-refractivity contribution in [2.24, 2.45) is 0 Å². The van der Waals surface area contributed by atoms with E-state index in [0.29, 0.717) is 24.3 Å². The van der Waals surface area contributed by atoms with Gasteiger partial charge in [-0.25, -0.2) is 4.79 Å². The number of fused-ring (bicyclic) bond motifs is 1. The molecule has 0 aromatic heterocycles. The molecule has 38 heavy (non-hydrogen) atoms. The van der Waals surface area contributed by atoms with E-state index in [1.165, 1.54) is 12.0 Å². The molecule has 1 amide bonds. The first-order chi connectivity index (χ1) is 18.2. The van der Waals surface area contributed by atoms with Gasteiger partial charge in [-0.1, -0.05) is 30.3 Å². The molecule has 0 aliphatic carbocycles. The Morgan fingerprint density at radius 3 is 2.24 bits per heavy atom. The molecule has 1 aliphatic rings. The van der Waals surface area contributed by atoms with Crippen molar-refractivity contribution in [3.8, 4) is 11.5 Å². The van der Waals surface area contributed by atoms with E-state index in [1.807, 2.05) is 42.5 Å². The highest BCUT2D eigenvalue weighted by Crippen LogP contribution is 2.35. The summed E-state index contributed by atoms with van der Waals surface area (Å²) in [7, 11) is 6.16. The first kappa shape index (κ1) is 29.0. The van der Waals surface area contributed by atoms with E-state index >= 15 is 0 Å². The van der Waals surface area contributed by atoms with E-state index in [2.05, 4.69) is 0 Å². The van der Waals surface area contributed by atoms with Crippen molar-refractivity contribution in [2.75, 3.05) is 35.0 Å². The number of methoxy groups -OCH3 is 3. The molecular formula is C29H38N2O7. The summed E-state index contributed by atoms with van der Waals surface area (Å²) in [5.41, 5.74) is 2.84. The zero-order valence-electron chi connectivity index (χ0n) is 23.1. The van der Waals surface area contributed by atoms with Crippen molar-refractivity contribution in [3.05, 3.63) is 59.2 Å². The zero-order valence-corrected chi connectivity index (χ0v) is 23.1. The lowest BCUT2D eigenvalue weighted by Gasteiger charge is -2.39. The van der Waals surface area contributed by atoms with Gasteiger partial charge in [-0.05, 0) is 62.6 Å². The van der Waals surface area contributed by atoms with Crippen LogP contribution in [0.1, 0.15) is 37.0 Å². The molecule has 9 nitrogen and oxygen atoms in total. The Balaban J connectivity index is 1.87. The molecule has 0 bridgehead atoms. The monoisotopic (exact) mass is 526 g/mol. The van der Waals surface area contributed by atoms with Crippen LogP contribution >= 0.6 is 0 Å². The van der Waals surface area contributed by atoms with Gasteiger partial charge in [-0.3, -0.25) is 14.5 Å². The van der Waals surface area contributed by atoms with E-state index in [-0.39, 0.29) is 31.4 Å². The number of esters is 2. The molecule has 0 fully saturated rings. The average molecular weight is 527 g/mol. The second-order valence-electron chi connectivity index (χ2n) is 9.32. The van der Waals surface area contributed by atoms with Crippen molar-refractivity contribution >= 4 is 17.8 Å². The molecule has 2 aromatic rings. The first-order valence-corrected chi connectivity index (χ1v) is 12.8. The van der Waals surface area contributed by atoms with E-state index in [0.717, 1.165) is 16.7 Å². The van der Waals surface area contributed by atoms with Crippen LogP contribution in [-0.2, 0) is 43.2 Å². The summed E-state index contributed by atoms with van der Waals surface area (Å²) >= 11 is 0. The van der Waals surface area contributed by atoms with Crippen LogP contribution in [0.5, 0.6) is 11.5 Å². The number of benzene rings is 2. The maximum absolute atomic E-state index is 13.9. The summed E-state index contributed by atoms with van der Waals surface area (Å²) in [6.45, 7) is 3.95. The Labute approximate surface area is 224 Å². The lowest BCUT2D eigenvalue weighted by atomic mass is 9.92. The summed E-state index contributed by atoms with van der Waals surface area (Å²) in [5, 5.41) is 0. The summed E-state index contributed by atoms with van der Waals surface area (Å²) in [4.78, 5) is 42.9. The van der Waals surface area contributed by atoms with Crippen LogP contribution in [0.3, 0.4) is 0 Å². The van der Waals surface area contributed by atoms with Gasteiger partial charge in [0.15, 0.2) is 11.5 Å². The molecule has 0 saturated heterocycles. The minimum atomic E-state index is -0.806. The molecule has 3 atom stereocenters. The Kier molecular flexibility index (Phi) is 10.1. The third-order valence-corrected chi connectivity index (χ3v) is 7.16. The molecule has 3 rings (SSSR count). The van der Waals surface area contributed by atoms with Gasteiger partial charge in [0.25, 0.3) is 0 Å².